The van der Waals surface area contributed by atoms with Crippen molar-refractivity contribution in [1.82, 2.24) is 0 Å². The van der Waals surface area contributed by atoms with Gasteiger partial charge in [0.25, 0.3) is 0 Å². The molecule has 0 fully saturated rings. The van der Waals surface area contributed by atoms with Gasteiger partial charge in [-0.2, -0.15) is 0 Å². The van der Waals surface area contributed by atoms with Crippen molar-refractivity contribution >= 4 is 0 Å². The molecule has 0 aliphatic heterocycles. The number of hydrogen-bond acceptors (Lipinski definition) is 0. The van der Waals surface area contributed by atoms with Gasteiger partial charge in [0.1, 0.15) is 0 Å². The van der Waals surface area contributed by atoms with Gasteiger partial charge in [-0.3, -0.25) is 0 Å². The summed E-state index contributed by atoms with van der Waals surface area (Å²) >= 11 is 0. The van der Waals surface area contributed by atoms with Gasteiger partial charge in [-0.1, -0.05) is 33.1 Å². The van der Waals surface area contributed by atoms with Crippen LogP contribution in [0.2, 0.25) is 0 Å². The first-order chi connectivity index (χ1) is 2.41. The molecule has 0 heterocycles. The van der Waals surface area contributed by atoms with Crippen LogP contribution < -0.4 is 0 Å². The van der Waals surface area contributed by atoms with Crippen LogP contribution in [0.1, 0.15) is 33.1 Å². The Morgan fingerprint density at radius 1 is 1.00 bits per heavy atom. The minimum absolute atomic E-state index is 0. The molecule has 0 rings (SSSR count). The molecule has 0 unspecified atom stereocenters. The second-order valence-electron chi connectivity index (χ2n) is 1.35. The van der Waals surface area contributed by atoms with Crippen LogP contribution in [-0.2, 0) is 16.5 Å². The SMILES string of the molecule is CCCCC.[Ni]. The Kier molecular flexibility index (Phi) is 14.7. The van der Waals surface area contributed by atoms with Crippen LogP contribution in [0.4, 0.5) is 0 Å². The van der Waals surface area contributed by atoms with Crippen molar-refractivity contribution in [3.05, 3.63) is 0 Å². The summed E-state index contributed by atoms with van der Waals surface area (Å²) in [7, 11) is 0. The molecule has 1 heteroatoms. The minimum Gasteiger partial charge on any atom is -0.0654 e. The van der Waals surface area contributed by atoms with Gasteiger partial charge in [-0.15, -0.1) is 0 Å². The molecule has 0 saturated heterocycles. The Balaban J connectivity index is 0. The first-order valence-electron chi connectivity index (χ1n) is 2.41. The quantitative estimate of drug-likeness (QED) is 0.503. The maximum absolute atomic E-state index is 2.21. The molecule has 0 aromatic heterocycles. The van der Waals surface area contributed by atoms with Gasteiger partial charge in [0.15, 0.2) is 0 Å². The molecule has 0 aliphatic carbocycles. The molecule has 0 bridgehead atoms. The van der Waals surface area contributed by atoms with Gasteiger partial charge >= 0.3 is 0 Å². The van der Waals surface area contributed by atoms with Gasteiger partial charge in [0.05, 0.1) is 0 Å². The fraction of sp³-hybridized carbons (Fsp3) is 1.00. The first kappa shape index (κ1) is 9.71. The molecule has 0 amide bonds. The Labute approximate surface area is 50.2 Å². The molecule has 0 radical (unpaired) electrons. The van der Waals surface area contributed by atoms with Gasteiger partial charge < -0.3 is 0 Å². The third-order valence-electron chi connectivity index (χ3n) is 0.707. The van der Waals surface area contributed by atoms with Crippen LogP contribution >= 0.6 is 0 Å². The van der Waals surface area contributed by atoms with Crippen molar-refractivity contribution in [3.63, 3.8) is 0 Å². The van der Waals surface area contributed by atoms with E-state index in [2.05, 4.69) is 13.8 Å². The molecule has 6 heavy (non-hydrogen) atoms. The fourth-order valence-electron chi connectivity index (χ4n) is 0.354. The largest absolute Gasteiger partial charge is 0.0654 e. The van der Waals surface area contributed by atoms with Crippen LogP contribution in [0, 0.1) is 0 Å². The Hall–Kier alpha value is 0.494. The molecular formula is C5H12Ni. The van der Waals surface area contributed by atoms with Crippen molar-refractivity contribution in [1.29, 1.82) is 0 Å². The molecule has 0 spiro atoms. The summed E-state index contributed by atoms with van der Waals surface area (Å²) in [5.41, 5.74) is 0. The summed E-state index contributed by atoms with van der Waals surface area (Å²) in [5.74, 6) is 0. The zero-order chi connectivity index (χ0) is 4.12. The van der Waals surface area contributed by atoms with Gasteiger partial charge in [-0.05, 0) is 0 Å². The van der Waals surface area contributed by atoms with E-state index < -0.39 is 0 Å². The summed E-state index contributed by atoms with van der Waals surface area (Å²) in [5, 5.41) is 0. The first-order valence-corrected chi connectivity index (χ1v) is 2.41. The Morgan fingerprint density at radius 3 is 1.33 bits per heavy atom. The topological polar surface area (TPSA) is 0 Å². The third-order valence-corrected chi connectivity index (χ3v) is 0.707. The summed E-state index contributed by atoms with van der Waals surface area (Å²) < 4.78 is 0. The smallest absolute Gasteiger partial charge is 0 e. The molecular weight excluding hydrogens is 119 g/mol. The van der Waals surface area contributed by atoms with E-state index in [0.717, 1.165) is 0 Å². The third kappa shape index (κ3) is 8.82. The average Bonchev–Trinajstić information content (AvgIpc) is 1.41. The molecule has 0 nitrogen and oxygen atoms in total. The molecule has 0 atom stereocenters. The van der Waals surface area contributed by atoms with Gasteiger partial charge in [0, 0.05) is 16.5 Å². The van der Waals surface area contributed by atoms with Crippen molar-refractivity contribution in [3.8, 4) is 0 Å². The zero-order valence-corrected chi connectivity index (χ0v) is 5.43. The molecule has 0 aromatic carbocycles. The van der Waals surface area contributed by atoms with E-state index >= 15 is 0 Å². The van der Waals surface area contributed by atoms with Crippen LogP contribution in [0.15, 0.2) is 0 Å². The average molecular weight is 131 g/mol. The minimum atomic E-state index is 0. The second-order valence-corrected chi connectivity index (χ2v) is 1.35. The van der Waals surface area contributed by atoms with E-state index in [1.165, 1.54) is 19.3 Å². The van der Waals surface area contributed by atoms with E-state index in [1.807, 2.05) is 0 Å². The van der Waals surface area contributed by atoms with E-state index in [4.69, 9.17) is 0 Å². The van der Waals surface area contributed by atoms with E-state index in [0.29, 0.717) is 0 Å². The molecule has 0 aliphatic rings. The number of hydrogen-bond donors (Lipinski definition) is 0. The molecule has 0 N–H and O–H groups in total. The monoisotopic (exact) mass is 130 g/mol. The van der Waals surface area contributed by atoms with Crippen molar-refractivity contribution in [2.75, 3.05) is 0 Å². The fourth-order valence-corrected chi connectivity index (χ4v) is 0.354. The molecule has 0 aromatic rings. The Bertz CT molecular complexity index is 11.4. The van der Waals surface area contributed by atoms with E-state index in [9.17, 15) is 0 Å². The van der Waals surface area contributed by atoms with Crippen LogP contribution in [-0.4, -0.2) is 0 Å². The van der Waals surface area contributed by atoms with E-state index in [-0.39, 0.29) is 16.5 Å². The van der Waals surface area contributed by atoms with Gasteiger partial charge in [-0.25, -0.2) is 0 Å². The predicted molar refractivity (Wildman–Crippen MR) is 25.2 cm³/mol. The maximum atomic E-state index is 2.21. The summed E-state index contributed by atoms with van der Waals surface area (Å²) in [6.45, 7) is 4.42. The second kappa shape index (κ2) is 9.09. The van der Waals surface area contributed by atoms with Crippen LogP contribution in [0.5, 0.6) is 0 Å². The number of unbranched alkanes of at least 4 members (excludes halogenated alkanes) is 2. The predicted octanol–water partition coefficient (Wildman–Crippen LogP) is 2.19. The summed E-state index contributed by atoms with van der Waals surface area (Å²) in [6.07, 6.45) is 4.08. The van der Waals surface area contributed by atoms with Crippen molar-refractivity contribution in [2.45, 2.75) is 33.1 Å². The standard InChI is InChI=1S/C5H12.Ni/c1-3-5-4-2;/h3-5H2,1-2H3;. The Morgan fingerprint density at radius 2 is 1.33 bits per heavy atom. The summed E-state index contributed by atoms with van der Waals surface area (Å²) in [6, 6.07) is 0. The van der Waals surface area contributed by atoms with Crippen LogP contribution in [0.3, 0.4) is 0 Å². The normalized spacial score (nSPS) is 7.00. The zero-order valence-electron chi connectivity index (χ0n) is 4.44. The maximum Gasteiger partial charge on any atom is 0 e. The molecule has 42 valence electrons. The van der Waals surface area contributed by atoms with Crippen molar-refractivity contribution < 1.29 is 16.5 Å². The molecule has 0 saturated carbocycles. The van der Waals surface area contributed by atoms with E-state index in [1.54, 1.807) is 0 Å². The van der Waals surface area contributed by atoms with Crippen LogP contribution in [0.25, 0.3) is 0 Å². The van der Waals surface area contributed by atoms with Crippen molar-refractivity contribution in [2.24, 2.45) is 0 Å². The van der Waals surface area contributed by atoms with Gasteiger partial charge in [0.2, 0.25) is 0 Å². The summed E-state index contributed by atoms with van der Waals surface area (Å²) in [4.78, 5) is 0. The number of rotatable bonds is 2.